The van der Waals surface area contributed by atoms with Crippen LogP contribution in [0.3, 0.4) is 0 Å². The summed E-state index contributed by atoms with van der Waals surface area (Å²) >= 11 is 0. The molecule has 0 aliphatic carbocycles. The van der Waals surface area contributed by atoms with Crippen molar-refractivity contribution in [1.82, 2.24) is 9.78 Å². The first-order chi connectivity index (χ1) is 13.0. The number of anilines is 1. The molecule has 10 heteroatoms. The summed E-state index contributed by atoms with van der Waals surface area (Å²) in [5, 5.41) is 14.1. The molecule has 1 unspecified atom stereocenters. The van der Waals surface area contributed by atoms with Crippen LogP contribution in [0.15, 0.2) is 51.9 Å². The second-order valence-corrected chi connectivity index (χ2v) is 13.4. The largest absolute Gasteiger partial charge is 1.00 e. The number of fused-ring (bicyclic) bond motifs is 2. The van der Waals surface area contributed by atoms with Crippen molar-refractivity contribution >= 4 is 42.7 Å². The highest BCUT2D eigenvalue weighted by molar-refractivity contribution is 6.76. The van der Waals surface area contributed by atoms with Crippen LogP contribution in [0.5, 0.6) is 0 Å². The maximum atomic E-state index is 5.84. The van der Waals surface area contributed by atoms with E-state index in [1.165, 1.54) is 0 Å². The van der Waals surface area contributed by atoms with Crippen LogP contribution in [0.1, 0.15) is 0 Å². The zero-order chi connectivity index (χ0) is 18.9. The number of aliphatic imine (C=N–C) groups is 2. The number of guanidine groups is 1. The van der Waals surface area contributed by atoms with E-state index in [2.05, 4.69) is 45.1 Å². The third-order valence-corrected chi connectivity index (χ3v) is 6.05. The molecule has 0 bridgehead atoms. The molecule has 4 rings (SSSR count). The van der Waals surface area contributed by atoms with Gasteiger partial charge in [-0.3, -0.25) is 4.99 Å². The Balaban J connectivity index is 0.00000225. The molecule has 2 aliphatic rings. The molecule has 1 aromatic carbocycles. The van der Waals surface area contributed by atoms with Crippen LogP contribution in [-0.4, -0.2) is 42.5 Å². The number of aromatic nitrogens is 2. The molecule has 1 atom stereocenters. The Hall–Kier alpha value is -2.33. The predicted octanol–water partition coefficient (Wildman–Crippen LogP) is -1.11. The number of quaternary nitrogens is 1. The third kappa shape index (κ3) is 4.74. The molecular formula is C18H24ClN7OSi. The van der Waals surface area contributed by atoms with Gasteiger partial charge < -0.3 is 22.5 Å². The fraction of sp³-hybridized carbons (Fsp3) is 0.333. The minimum Gasteiger partial charge on any atom is -1.00 e. The minimum absolute atomic E-state index is 0. The average molecular weight is 418 g/mol. The number of benzene rings is 1. The van der Waals surface area contributed by atoms with Gasteiger partial charge in [0, 0.05) is 25.8 Å². The van der Waals surface area contributed by atoms with Crippen LogP contribution in [-0.2, 0) is 11.5 Å². The van der Waals surface area contributed by atoms with Crippen molar-refractivity contribution in [2.75, 3.05) is 11.9 Å². The fourth-order valence-corrected chi connectivity index (χ4v) is 3.53. The third-order valence-electron chi connectivity index (χ3n) is 4.34. The fourth-order valence-electron chi connectivity index (χ4n) is 2.78. The molecule has 0 spiro atoms. The van der Waals surface area contributed by atoms with Crippen LogP contribution >= 0.6 is 0 Å². The van der Waals surface area contributed by atoms with Crippen molar-refractivity contribution < 1.29 is 22.2 Å². The Labute approximate surface area is 171 Å². The summed E-state index contributed by atoms with van der Waals surface area (Å²) < 4.78 is 7.73. The summed E-state index contributed by atoms with van der Waals surface area (Å²) in [6, 6.07) is 7.23. The summed E-state index contributed by atoms with van der Waals surface area (Å²) in [7, 11) is -1.08. The molecular weight excluding hydrogens is 394 g/mol. The number of hydrogen-bond donors (Lipinski definition) is 2. The van der Waals surface area contributed by atoms with Gasteiger partial charge in [0.1, 0.15) is 19.1 Å². The van der Waals surface area contributed by atoms with Crippen LogP contribution < -0.4 is 22.7 Å². The lowest BCUT2D eigenvalue weighted by molar-refractivity contribution is -0.748. The number of halogens is 1. The summed E-state index contributed by atoms with van der Waals surface area (Å²) in [6.45, 7) is 8.28. The Bertz CT molecular complexity index is 974. The summed E-state index contributed by atoms with van der Waals surface area (Å²) in [6.07, 6.45) is 7.14. The molecule has 0 saturated carbocycles. The van der Waals surface area contributed by atoms with E-state index < -0.39 is 8.07 Å². The molecule has 0 amide bonds. The second-order valence-electron chi connectivity index (χ2n) is 7.80. The van der Waals surface area contributed by atoms with Gasteiger partial charge in [-0.1, -0.05) is 19.6 Å². The van der Waals surface area contributed by atoms with Gasteiger partial charge in [-0.25, -0.2) is 4.68 Å². The zero-order valence-corrected chi connectivity index (χ0v) is 17.9. The maximum absolute atomic E-state index is 5.84. The summed E-state index contributed by atoms with van der Waals surface area (Å²) in [5.41, 5.74) is 1.93. The van der Waals surface area contributed by atoms with Crippen LogP contribution in [0.2, 0.25) is 25.7 Å². The van der Waals surface area contributed by atoms with Gasteiger partial charge in [-0.2, -0.15) is 10.1 Å². The van der Waals surface area contributed by atoms with Gasteiger partial charge in [0.25, 0.3) is 11.8 Å². The van der Waals surface area contributed by atoms with E-state index in [1.807, 2.05) is 35.3 Å². The van der Waals surface area contributed by atoms with E-state index in [1.54, 1.807) is 12.4 Å². The summed E-state index contributed by atoms with van der Waals surface area (Å²) in [5.74, 6) is 1.34. The van der Waals surface area contributed by atoms with E-state index in [9.17, 15) is 0 Å². The van der Waals surface area contributed by atoms with Crippen molar-refractivity contribution in [3.05, 3.63) is 36.8 Å². The van der Waals surface area contributed by atoms with Crippen molar-refractivity contribution in [3.63, 3.8) is 0 Å². The number of amidine groups is 1. The second kappa shape index (κ2) is 8.35. The standard InChI is InChI=1S/C18H23N7OSi.ClH/c1-27(2,3)9-8-26-13-25-16-10-15(5-4-14(16)11-20-25)21-18-22-17-12-19-6-7-24(17)23-18;/h4-7,10-12H,8-9,13H2,1-3H3,(H,21,23);1H. The van der Waals surface area contributed by atoms with Crippen molar-refractivity contribution in [2.45, 2.75) is 32.4 Å². The lowest BCUT2D eigenvalue weighted by Crippen LogP contribution is -3.05. The smallest absolute Gasteiger partial charge is 0.286 e. The Kier molecular flexibility index (Phi) is 6.09. The number of nitrogens with one attached hydrogen (secondary N) is 2. The van der Waals surface area contributed by atoms with Gasteiger partial charge in [-0.15, -0.1) is 5.01 Å². The normalized spacial score (nSPS) is 17.9. The van der Waals surface area contributed by atoms with Crippen molar-refractivity contribution in [3.8, 4) is 0 Å². The van der Waals surface area contributed by atoms with Gasteiger partial charge in [0.2, 0.25) is 0 Å². The van der Waals surface area contributed by atoms with Gasteiger partial charge in [-0.05, 0) is 29.3 Å². The number of rotatable bonds is 6. The topological polar surface area (TPSA) is 80.6 Å². The highest BCUT2D eigenvalue weighted by atomic mass is 35.5. The van der Waals surface area contributed by atoms with Crippen LogP contribution in [0, 0.1) is 0 Å². The quantitative estimate of drug-likeness (QED) is 0.462. The molecule has 0 radical (unpaired) electrons. The van der Waals surface area contributed by atoms with E-state index in [-0.39, 0.29) is 12.4 Å². The van der Waals surface area contributed by atoms with E-state index in [4.69, 9.17) is 4.74 Å². The molecule has 8 nitrogen and oxygen atoms in total. The van der Waals surface area contributed by atoms with Crippen LogP contribution in [0.25, 0.3) is 10.9 Å². The van der Waals surface area contributed by atoms with Crippen molar-refractivity contribution in [1.29, 1.82) is 0 Å². The lowest BCUT2D eigenvalue weighted by Gasteiger charge is -2.15. The minimum atomic E-state index is -1.08. The van der Waals surface area contributed by atoms with Gasteiger partial charge >= 0.3 is 0 Å². The molecule has 0 saturated heterocycles. The zero-order valence-electron chi connectivity index (χ0n) is 16.2. The number of hydrogen-bond acceptors (Lipinski definition) is 6. The average Bonchev–Trinajstić information content (AvgIpc) is 3.21. The Morgan fingerprint density at radius 2 is 2.11 bits per heavy atom. The van der Waals surface area contributed by atoms with E-state index >= 15 is 0 Å². The van der Waals surface area contributed by atoms with E-state index in [0.29, 0.717) is 12.7 Å². The predicted molar refractivity (Wildman–Crippen MR) is 111 cm³/mol. The first kappa shape index (κ1) is 20.4. The number of nitrogens with zero attached hydrogens (tertiary/aromatic N) is 5. The molecule has 28 heavy (non-hydrogen) atoms. The number of ether oxygens (including phenoxy) is 1. The molecule has 1 aromatic heterocycles. The molecule has 2 aromatic rings. The lowest BCUT2D eigenvalue weighted by atomic mass is 10.2. The van der Waals surface area contributed by atoms with Gasteiger partial charge in [0.05, 0.1) is 17.9 Å². The Morgan fingerprint density at radius 3 is 2.89 bits per heavy atom. The molecule has 2 aliphatic heterocycles. The first-order valence-corrected chi connectivity index (χ1v) is 12.7. The summed E-state index contributed by atoms with van der Waals surface area (Å²) in [4.78, 5) is 8.53. The molecule has 148 valence electrons. The molecule has 3 heterocycles. The molecule has 2 N–H and O–H groups in total. The van der Waals surface area contributed by atoms with Gasteiger partial charge in [0.15, 0.2) is 0 Å². The monoisotopic (exact) mass is 417 g/mol. The highest BCUT2D eigenvalue weighted by Crippen LogP contribution is 2.19. The highest BCUT2D eigenvalue weighted by Gasteiger charge is 2.24. The van der Waals surface area contributed by atoms with Crippen LogP contribution in [0.4, 0.5) is 5.69 Å². The maximum Gasteiger partial charge on any atom is 0.286 e. The molecule has 0 fully saturated rings. The Morgan fingerprint density at radius 1 is 1.25 bits per heavy atom. The first-order valence-electron chi connectivity index (χ1n) is 9.03. The van der Waals surface area contributed by atoms with E-state index in [0.717, 1.165) is 40.1 Å². The van der Waals surface area contributed by atoms with Crippen molar-refractivity contribution in [2.24, 2.45) is 15.1 Å². The SMILES string of the molecule is C[Si](C)(C)CCOCn1ncc2ccc(NC3=N[NH+]4C=CN=CC4=N3)cc21.[Cl-].